The maximum atomic E-state index is 13.5. The minimum absolute atomic E-state index is 0.0262. The molecule has 0 heterocycles. The Morgan fingerprint density at radius 3 is 2.45 bits per heavy atom. The van der Waals surface area contributed by atoms with Crippen LogP contribution in [-0.2, 0) is 22.4 Å². The fourth-order valence-corrected chi connectivity index (χ4v) is 5.90. The molecule has 4 atom stereocenters. The number of carbonyl (C=O) groups excluding carboxylic acids is 3. The van der Waals surface area contributed by atoms with Gasteiger partial charge in [0.25, 0.3) is 5.91 Å². The zero-order valence-corrected chi connectivity index (χ0v) is 19.1. The Kier molecular flexibility index (Phi) is 5.35. The van der Waals surface area contributed by atoms with Crippen LogP contribution in [0.25, 0.3) is 0 Å². The highest BCUT2D eigenvalue weighted by molar-refractivity contribution is 6.33. The van der Waals surface area contributed by atoms with Gasteiger partial charge in [-0.05, 0) is 56.5 Å². The molecule has 0 radical (unpaired) electrons. The largest absolute Gasteiger partial charge is 0.510 e. The highest BCUT2D eigenvalue weighted by Gasteiger charge is 2.63. The normalized spacial score (nSPS) is 29.2. The highest BCUT2D eigenvalue weighted by atomic mass is 35.5. The number of nitrogens with two attached hydrogens (primary N) is 1. The van der Waals surface area contributed by atoms with Crippen molar-refractivity contribution < 1.29 is 34.8 Å². The molecule has 10 heteroatoms. The van der Waals surface area contributed by atoms with Crippen LogP contribution in [0.5, 0.6) is 5.75 Å². The summed E-state index contributed by atoms with van der Waals surface area (Å²) in [7, 11) is 3.16. The number of fused-ring (bicyclic) bond motifs is 3. The summed E-state index contributed by atoms with van der Waals surface area (Å²) in [6, 6.07) is 0.568. The van der Waals surface area contributed by atoms with Gasteiger partial charge in [0.15, 0.2) is 11.4 Å². The minimum Gasteiger partial charge on any atom is -0.510 e. The molecule has 9 nitrogen and oxygen atoms in total. The Balaban J connectivity index is 1.98. The van der Waals surface area contributed by atoms with Gasteiger partial charge in [0.05, 0.1) is 11.6 Å². The monoisotopic (exact) mass is 476 g/mol. The van der Waals surface area contributed by atoms with Gasteiger partial charge in [-0.25, -0.2) is 0 Å². The summed E-state index contributed by atoms with van der Waals surface area (Å²) >= 11 is 6.42. The van der Waals surface area contributed by atoms with Crippen molar-refractivity contribution in [2.24, 2.45) is 17.6 Å². The Morgan fingerprint density at radius 2 is 1.91 bits per heavy atom. The van der Waals surface area contributed by atoms with Gasteiger partial charge in [-0.15, -0.1) is 0 Å². The van der Waals surface area contributed by atoms with E-state index in [1.807, 2.05) is 0 Å². The molecule has 0 aromatic heterocycles. The molecule has 0 saturated carbocycles. The molecule has 0 bridgehead atoms. The van der Waals surface area contributed by atoms with Gasteiger partial charge in [-0.2, -0.15) is 0 Å². The SMILES string of the molecule is CCc1cc(Cl)c2c(c1O)C(=O)C1=C(O)[C@]3(O)C(=O)C(C(N)=O)=C(O)[C@@H](N(C)C)[C@@H]3C[C@@H]1C2. The number of amides is 1. The molecule has 176 valence electrons. The number of phenols is 1. The second-order valence-electron chi connectivity index (χ2n) is 9.04. The number of halogens is 1. The van der Waals surface area contributed by atoms with Crippen molar-refractivity contribution in [2.75, 3.05) is 14.1 Å². The Morgan fingerprint density at radius 1 is 1.27 bits per heavy atom. The van der Waals surface area contributed by atoms with Gasteiger partial charge in [0.1, 0.15) is 22.8 Å². The molecule has 1 aromatic carbocycles. The van der Waals surface area contributed by atoms with Crippen LogP contribution in [0.1, 0.15) is 34.8 Å². The van der Waals surface area contributed by atoms with Crippen LogP contribution < -0.4 is 5.73 Å². The van der Waals surface area contributed by atoms with E-state index >= 15 is 0 Å². The van der Waals surface area contributed by atoms with Crippen LogP contribution in [0.15, 0.2) is 28.7 Å². The van der Waals surface area contributed by atoms with E-state index in [-0.39, 0.29) is 29.7 Å². The lowest BCUT2D eigenvalue weighted by molar-refractivity contribution is -0.148. The van der Waals surface area contributed by atoms with Gasteiger partial charge < -0.3 is 26.2 Å². The maximum absolute atomic E-state index is 13.5. The van der Waals surface area contributed by atoms with Gasteiger partial charge >= 0.3 is 0 Å². The van der Waals surface area contributed by atoms with Crippen LogP contribution in [-0.4, -0.2) is 68.5 Å². The number of likely N-dealkylation sites (N-methyl/N-ethyl adjacent to an activating group) is 1. The standard InChI is InChI=1S/C23H25ClN2O7/c1-4-8-7-12(24)10-5-9-6-11-16(26(2)3)19(29)15(22(25)32)21(31)23(11,33)20(30)13(9)18(28)14(10)17(8)27/h7,9,11,16,27,29-30,33H,4-6H2,1-3H3,(H2,25,32)/t9-,11-,16-,23-/m0/s1. The lowest BCUT2D eigenvalue weighted by Gasteiger charge is -2.50. The molecular weight excluding hydrogens is 452 g/mol. The molecule has 0 unspecified atom stereocenters. The van der Waals surface area contributed by atoms with E-state index in [1.54, 1.807) is 27.1 Å². The van der Waals surface area contributed by atoms with Crippen LogP contribution >= 0.6 is 11.6 Å². The predicted molar refractivity (Wildman–Crippen MR) is 118 cm³/mol. The van der Waals surface area contributed by atoms with Crippen molar-refractivity contribution in [3.05, 3.63) is 50.4 Å². The van der Waals surface area contributed by atoms with Gasteiger partial charge in [-0.3, -0.25) is 19.3 Å². The number of benzene rings is 1. The average Bonchev–Trinajstić information content (AvgIpc) is 2.72. The number of Topliss-reactive ketones (excluding diaryl/α,β-unsaturated/α-hetero) is 2. The molecule has 0 aliphatic heterocycles. The van der Waals surface area contributed by atoms with E-state index in [9.17, 15) is 34.8 Å². The number of hydrogen-bond donors (Lipinski definition) is 5. The summed E-state index contributed by atoms with van der Waals surface area (Å²) in [6.07, 6.45) is 0.602. The lowest BCUT2D eigenvalue weighted by atomic mass is 9.58. The lowest BCUT2D eigenvalue weighted by Crippen LogP contribution is -2.63. The Bertz CT molecular complexity index is 1190. The first-order valence-electron chi connectivity index (χ1n) is 10.6. The summed E-state index contributed by atoms with van der Waals surface area (Å²) in [5.41, 5.74) is 2.43. The third-order valence-electron chi connectivity index (χ3n) is 7.13. The first kappa shape index (κ1) is 23.3. The van der Waals surface area contributed by atoms with Gasteiger partial charge in [0.2, 0.25) is 5.78 Å². The number of aromatic hydroxyl groups is 1. The third-order valence-corrected chi connectivity index (χ3v) is 7.47. The summed E-state index contributed by atoms with van der Waals surface area (Å²) in [5, 5.41) is 44.4. The number of phenolic OH excluding ortho intramolecular Hbond substituents is 1. The first-order chi connectivity index (χ1) is 15.4. The van der Waals surface area contributed by atoms with Gasteiger partial charge in [0, 0.05) is 16.5 Å². The second-order valence-corrected chi connectivity index (χ2v) is 9.44. The van der Waals surface area contributed by atoms with Crippen molar-refractivity contribution in [1.82, 2.24) is 4.90 Å². The van der Waals surface area contributed by atoms with E-state index in [1.165, 1.54) is 4.90 Å². The smallest absolute Gasteiger partial charge is 0.255 e. The molecule has 4 rings (SSSR count). The molecule has 6 N–H and O–H groups in total. The number of rotatable bonds is 3. The van der Waals surface area contributed by atoms with Crippen molar-refractivity contribution in [2.45, 2.75) is 37.8 Å². The molecular formula is C23H25ClN2O7. The summed E-state index contributed by atoms with van der Waals surface area (Å²) < 4.78 is 0. The number of primary amides is 1. The van der Waals surface area contributed by atoms with Crippen LogP contribution in [0.2, 0.25) is 5.02 Å². The molecule has 0 fully saturated rings. The maximum Gasteiger partial charge on any atom is 0.255 e. The fourth-order valence-electron chi connectivity index (χ4n) is 5.59. The second kappa shape index (κ2) is 7.58. The van der Waals surface area contributed by atoms with Crippen LogP contribution in [0.3, 0.4) is 0 Å². The number of nitrogens with zero attached hydrogens (tertiary/aromatic N) is 1. The predicted octanol–water partition coefficient (Wildman–Crippen LogP) is 1.34. The molecule has 1 aromatic rings. The van der Waals surface area contributed by atoms with Crippen molar-refractivity contribution in [3.63, 3.8) is 0 Å². The fraction of sp³-hybridized carbons (Fsp3) is 0.435. The Labute approximate surface area is 194 Å². The number of ketones is 2. The molecule has 0 saturated heterocycles. The third kappa shape index (κ3) is 2.96. The van der Waals surface area contributed by atoms with E-state index < -0.39 is 58.0 Å². The molecule has 33 heavy (non-hydrogen) atoms. The number of aliphatic hydroxyl groups excluding tert-OH is 2. The van der Waals surface area contributed by atoms with Crippen molar-refractivity contribution in [3.8, 4) is 5.75 Å². The Hall–Kier alpha value is -2.88. The average molecular weight is 477 g/mol. The highest BCUT2D eigenvalue weighted by Crippen LogP contribution is 2.53. The summed E-state index contributed by atoms with van der Waals surface area (Å²) in [6.45, 7) is 1.78. The number of carbonyl (C=O) groups is 3. The minimum atomic E-state index is -2.65. The summed E-state index contributed by atoms with van der Waals surface area (Å²) in [5.74, 6) is -6.71. The zero-order chi connectivity index (χ0) is 24.6. The number of aliphatic hydroxyl groups is 3. The molecule has 0 spiro atoms. The quantitative estimate of drug-likeness (QED) is 0.408. The summed E-state index contributed by atoms with van der Waals surface area (Å²) in [4.78, 5) is 40.2. The van der Waals surface area contributed by atoms with Crippen LogP contribution in [0, 0.1) is 11.8 Å². The first-order valence-corrected chi connectivity index (χ1v) is 10.9. The van der Waals surface area contributed by atoms with E-state index in [0.717, 1.165) is 0 Å². The number of allylic oxidation sites excluding steroid dienone is 1. The van der Waals surface area contributed by atoms with Crippen molar-refractivity contribution >= 4 is 29.1 Å². The topological polar surface area (TPSA) is 161 Å². The van der Waals surface area contributed by atoms with Gasteiger partial charge in [-0.1, -0.05) is 18.5 Å². The number of hydrogen-bond acceptors (Lipinski definition) is 8. The number of aryl methyl sites for hydroxylation is 1. The van der Waals surface area contributed by atoms with Crippen molar-refractivity contribution in [1.29, 1.82) is 0 Å². The van der Waals surface area contributed by atoms with E-state index in [0.29, 0.717) is 22.6 Å². The van der Waals surface area contributed by atoms with E-state index in [2.05, 4.69) is 0 Å². The molecule has 1 amide bonds. The van der Waals surface area contributed by atoms with E-state index in [4.69, 9.17) is 17.3 Å². The van der Waals surface area contributed by atoms with Crippen LogP contribution in [0.4, 0.5) is 0 Å². The zero-order valence-electron chi connectivity index (χ0n) is 18.3. The molecule has 3 aliphatic rings. The molecule has 3 aliphatic carbocycles.